The quantitative estimate of drug-likeness (QED) is 0.347. The molecule has 12 heteroatoms. The third kappa shape index (κ3) is 4.98. The second-order valence-corrected chi connectivity index (χ2v) is 9.29. The Bertz CT molecular complexity index is 1310. The van der Waals surface area contributed by atoms with Gasteiger partial charge in [-0.2, -0.15) is 4.98 Å². The van der Waals surface area contributed by atoms with Gasteiger partial charge in [0.05, 0.1) is 51.8 Å². The van der Waals surface area contributed by atoms with E-state index in [1.807, 2.05) is 22.9 Å². The zero-order valence-corrected chi connectivity index (χ0v) is 21.1. The summed E-state index contributed by atoms with van der Waals surface area (Å²) in [6.45, 7) is 4.21. The number of hydrogen-bond acceptors (Lipinski definition) is 10. The van der Waals surface area contributed by atoms with Crippen LogP contribution in [0, 0.1) is 0 Å². The van der Waals surface area contributed by atoms with Gasteiger partial charge in [0.15, 0.2) is 11.5 Å². The number of ether oxygens (including phenoxy) is 4. The lowest BCUT2D eigenvalue weighted by Crippen LogP contribution is -2.35. The lowest BCUT2D eigenvalue weighted by atomic mass is 10.2. The van der Waals surface area contributed by atoms with Crippen LogP contribution in [0.1, 0.15) is 4.88 Å². The monoisotopic (exact) mass is 516 g/mol. The van der Waals surface area contributed by atoms with Gasteiger partial charge in [0.2, 0.25) is 11.0 Å². The summed E-state index contributed by atoms with van der Waals surface area (Å²) in [4.78, 5) is 17.7. The van der Waals surface area contributed by atoms with Gasteiger partial charge in [-0.1, -0.05) is 0 Å². The van der Waals surface area contributed by atoms with E-state index in [0.717, 1.165) is 48.8 Å². The molecule has 4 aromatic rings. The number of rotatable bonds is 8. The number of benzene rings is 1. The van der Waals surface area contributed by atoms with E-state index < -0.39 is 0 Å². The predicted octanol–water partition coefficient (Wildman–Crippen LogP) is 4.13. The molecular formula is C23H25ClN6O4S. The van der Waals surface area contributed by atoms with Crippen LogP contribution in [0.4, 0.5) is 11.6 Å². The second-order valence-electron chi connectivity index (χ2n) is 7.84. The summed E-state index contributed by atoms with van der Waals surface area (Å²) in [5, 5.41) is 4.38. The van der Waals surface area contributed by atoms with Crippen LogP contribution in [-0.4, -0.2) is 72.1 Å². The van der Waals surface area contributed by atoms with Crippen molar-refractivity contribution in [1.82, 2.24) is 24.4 Å². The molecule has 0 bridgehead atoms. The van der Waals surface area contributed by atoms with Crippen LogP contribution in [0.3, 0.4) is 0 Å². The van der Waals surface area contributed by atoms with Gasteiger partial charge >= 0.3 is 0 Å². The number of hydrogen-bond donors (Lipinski definition) is 1. The molecule has 0 amide bonds. The maximum Gasteiger partial charge on any atom is 0.225 e. The van der Waals surface area contributed by atoms with Crippen molar-refractivity contribution in [3.05, 3.63) is 40.9 Å². The number of anilines is 2. The second kappa shape index (κ2) is 10.2. The highest BCUT2D eigenvalue weighted by atomic mass is 35.5. The van der Waals surface area contributed by atoms with Gasteiger partial charge in [0, 0.05) is 36.6 Å². The first kappa shape index (κ1) is 23.6. The molecule has 0 radical (unpaired) electrons. The predicted molar refractivity (Wildman–Crippen MR) is 135 cm³/mol. The lowest BCUT2D eigenvalue weighted by molar-refractivity contribution is 0.0346. The van der Waals surface area contributed by atoms with Crippen molar-refractivity contribution in [2.24, 2.45) is 0 Å². The maximum atomic E-state index is 6.24. The first-order chi connectivity index (χ1) is 17.1. The van der Waals surface area contributed by atoms with Gasteiger partial charge in [0.1, 0.15) is 22.8 Å². The molecule has 4 heterocycles. The maximum absolute atomic E-state index is 6.24. The van der Waals surface area contributed by atoms with Crippen LogP contribution in [0.5, 0.6) is 17.2 Å². The molecule has 5 rings (SSSR count). The molecule has 1 aromatic carbocycles. The van der Waals surface area contributed by atoms with Crippen molar-refractivity contribution >= 4 is 44.8 Å². The Morgan fingerprint density at radius 3 is 2.49 bits per heavy atom. The number of nitrogens with zero attached hydrogens (tertiary/aromatic N) is 5. The Balaban J connectivity index is 1.42. The van der Waals surface area contributed by atoms with Crippen LogP contribution in [-0.2, 0) is 11.3 Å². The Kier molecular flexibility index (Phi) is 6.91. The van der Waals surface area contributed by atoms with E-state index in [0.29, 0.717) is 28.9 Å². The molecule has 0 spiro atoms. The first-order valence-corrected chi connectivity index (χ1v) is 12.1. The summed E-state index contributed by atoms with van der Waals surface area (Å²) in [7, 11) is 4.74. The van der Waals surface area contributed by atoms with E-state index in [-0.39, 0.29) is 5.28 Å². The fourth-order valence-electron chi connectivity index (χ4n) is 3.96. The van der Waals surface area contributed by atoms with Gasteiger partial charge in [-0.3, -0.25) is 4.90 Å². The molecule has 1 aliphatic heterocycles. The standard InChI is InChI=1S/C23H25ClN6O4S/c1-31-17-8-14(9-18(32-2)20(17)33-3)30-12-19(25-13-30)26-21-16-10-15(11-29-4-6-34-7-5-29)35-22(16)28-23(24)27-21/h8-10,12-13H,4-7,11H2,1-3H3,(H,26,27,28). The van der Waals surface area contributed by atoms with Crippen LogP contribution in [0.15, 0.2) is 30.7 Å². The van der Waals surface area contributed by atoms with Crippen molar-refractivity contribution in [3.8, 4) is 22.9 Å². The number of morpholine rings is 1. The van der Waals surface area contributed by atoms with Crippen molar-refractivity contribution in [1.29, 1.82) is 0 Å². The van der Waals surface area contributed by atoms with E-state index in [1.54, 1.807) is 39.0 Å². The van der Waals surface area contributed by atoms with Crippen molar-refractivity contribution < 1.29 is 18.9 Å². The smallest absolute Gasteiger partial charge is 0.225 e. The molecule has 0 unspecified atom stereocenters. The molecule has 1 aliphatic rings. The van der Waals surface area contributed by atoms with Crippen LogP contribution in [0.2, 0.25) is 5.28 Å². The van der Waals surface area contributed by atoms with Crippen LogP contribution < -0.4 is 19.5 Å². The minimum atomic E-state index is 0.184. The molecule has 0 aliphatic carbocycles. The van der Waals surface area contributed by atoms with Gasteiger partial charge in [-0.15, -0.1) is 11.3 Å². The molecule has 184 valence electrons. The number of halogens is 1. The Hall–Kier alpha value is -3.12. The average molecular weight is 517 g/mol. The molecule has 10 nitrogen and oxygen atoms in total. The fraction of sp³-hybridized carbons (Fsp3) is 0.348. The molecular weight excluding hydrogens is 492 g/mol. The molecule has 0 saturated carbocycles. The average Bonchev–Trinajstić information content (AvgIpc) is 3.50. The molecule has 1 saturated heterocycles. The van der Waals surface area contributed by atoms with E-state index in [1.165, 1.54) is 4.88 Å². The summed E-state index contributed by atoms with van der Waals surface area (Å²) < 4.78 is 23.6. The van der Waals surface area contributed by atoms with E-state index in [2.05, 4.69) is 31.2 Å². The number of imidazole rings is 1. The summed E-state index contributed by atoms with van der Waals surface area (Å²) >= 11 is 7.86. The fourth-order valence-corrected chi connectivity index (χ4v) is 5.25. The minimum Gasteiger partial charge on any atom is -0.493 e. The van der Waals surface area contributed by atoms with Gasteiger partial charge < -0.3 is 28.8 Å². The summed E-state index contributed by atoms with van der Waals surface area (Å²) in [6, 6.07) is 5.82. The third-order valence-electron chi connectivity index (χ3n) is 5.68. The molecule has 0 atom stereocenters. The van der Waals surface area contributed by atoms with Crippen LogP contribution in [0.25, 0.3) is 15.9 Å². The summed E-state index contributed by atoms with van der Waals surface area (Å²) in [5.74, 6) is 2.86. The largest absolute Gasteiger partial charge is 0.493 e. The topological polar surface area (TPSA) is 95.8 Å². The van der Waals surface area contributed by atoms with E-state index in [9.17, 15) is 0 Å². The van der Waals surface area contributed by atoms with Crippen molar-refractivity contribution in [2.75, 3.05) is 52.9 Å². The Morgan fingerprint density at radius 1 is 1.06 bits per heavy atom. The summed E-state index contributed by atoms with van der Waals surface area (Å²) in [5.41, 5.74) is 0.800. The normalized spacial score (nSPS) is 14.3. The van der Waals surface area contributed by atoms with Crippen LogP contribution >= 0.6 is 22.9 Å². The summed E-state index contributed by atoms with van der Waals surface area (Å²) in [6.07, 6.45) is 3.55. The first-order valence-electron chi connectivity index (χ1n) is 11.0. The van der Waals surface area contributed by atoms with Gasteiger partial charge in [-0.05, 0) is 17.7 Å². The SMILES string of the molecule is COc1cc(-n2cnc(Nc3nc(Cl)nc4sc(CN5CCOCC5)cc34)c2)cc(OC)c1OC. The third-order valence-corrected chi connectivity index (χ3v) is 6.86. The lowest BCUT2D eigenvalue weighted by Gasteiger charge is -2.25. The number of thiophene rings is 1. The van der Waals surface area contributed by atoms with Crippen molar-refractivity contribution in [2.45, 2.75) is 6.54 Å². The minimum absolute atomic E-state index is 0.184. The molecule has 3 aromatic heterocycles. The van der Waals surface area contributed by atoms with Gasteiger partial charge in [0.25, 0.3) is 0 Å². The highest BCUT2D eigenvalue weighted by molar-refractivity contribution is 7.18. The zero-order chi connectivity index (χ0) is 24.4. The zero-order valence-electron chi connectivity index (χ0n) is 19.6. The highest BCUT2D eigenvalue weighted by Crippen LogP contribution is 2.39. The van der Waals surface area contributed by atoms with E-state index in [4.69, 9.17) is 30.5 Å². The number of aromatic nitrogens is 4. The van der Waals surface area contributed by atoms with E-state index >= 15 is 0 Å². The number of nitrogens with one attached hydrogen (secondary N) is 1. The molecule has 1 N–H and O–H groups in total. The molecule has 1 fully saturated rings. The van der Waals surface area contributed by atoms with Gasteiger partial charge in [-0.25, -0.2) is 9.97 Å². The number of fused-ring (bicyclic) bond motifs is 1. The Morgan fingerprint density at radius 2 is 1.80 bits per heavy atom. The Labute approximate surface area is 211 Å². The highest BCUT2D eigenvalue weighted by Gasteiger charge is 2.17. The molecule has 35 heavy (non-hydrogen) atoms. The van der Waals surface area contributed by atoms with Crippen molar-refractivity contribution in [3.63, 3.8) is 0 Å². The number of methoxy groups -OCH3 is 3.